The number of nitriles is 1. The summed E-state index contributed by atoms with van der Waals surface area (Å²) in [5, 5.41) is 11.9. The molecule has 2 aromatic rings. The van der Waals surface area contributed by atoms with Crippen molar-refractivity contribution in [1.82, 2.24) is 5.32 Å². The minimum absolute atomic E-state index is 0.0504. The number of hydrogen-bond donors (Lipinski definition) is 1. The van der Waals surface area contributed by atoms with E-state index in [0.717, 1.165) is 19.3 Å². The van der Waals surface area contributed by atoms with Crippen LogP contribution in [0.5, 0.6) is 5.75 Å². The van der Waals surface area contributed by atoms with Crippen molar-refractivity contribution in [3.8, 4) is 11.8 Å². The first kappa shape index (κ1) is 16.1. The lowest BCUT2D eigenvalue weighted by Gasteiger charge is -2.27. The molecule has 0 saturated carbocycles. The van der Waals surface area contributed by atoms with Gasteiger partial charge in [0.1, 0.15) is 5.75 Å². The highest BCUT2D eigenvalue weighted by Gasteiger charge is 2.24. The molecule has 0 bridgehead atoms. The molecule has 1 N–H and O–H groups in total. The zero-order chi connectivity index (χ0) is 16.9. The fraction of sp³-hybridized carbons (Fsp3) is 0.300. The Balaban J connectivity index is 1.63. The summed E-state index contributed by atoms with van der Waals surface area (Å²) in [6, 6.07) is 17.2. The van der Waals surface area contributed by atoms with E-state index in [-0.39, 0.29) is 11.9 Å². The van der Waals surface area contributed by atoms with Gasteiger partial charge >= 0.3 is 0 Å². The molecule has 24 heavy (non-hydrogen) atoms. The molecule has 0 heterocycles. The van der Waals surface area contributed by atoms with E-state index in [0.29, 0.717) is 11.3 Å². The fourth-order valence-corrected chi connectivity index (χ4v) is 3.06. The highest BCUT2D eigenvalue weighted by molar-refractivity contribution is 5.81. The van der Waals surface area contributed by atoms with E-state index < -0.39 is 6.10 Å². The molecule has 2 atom stereocenters. The van der Waals surface area contributed by atoms with E-state index in [1.54, 1.807) is 31.2 Å². The average Bonchev–Trinajstić information content (AvgIpc) is 2.62. The summed E-state index contributed by atoms with van der Waals surface area (Å²) in [5.74, 6) is 0.460. The molecule has 1 aliphatic carbocycles. The highest BCUT2D eigenvalue weighted by Crippen LogP contribution is 2.29. The van der Waals surface area contributed by atoms with Crippen molar-refractivity contribution in [2.24, 2.45) is 0 Å². The summed E-state index contributed by atoms with van der Waals surface area (Å²) in [4.78, 5) is 12.5. The van der Waals surface area contributed by atoms with E-state index in [2.05, 4.69) is 23.5 Å². The van der Waals surface area contributed by atoms with Crippen LogP contribution in [0.4, 0.5) is 0 Å². The summed E-state index contributed by atoms with van der Waals surface area (Å²) in [7, 11) is 0. The van der Waals surface area contributed by atoms with Crippen LogP contribution in [-0.2, 0) is 11.2 Å². The topological polar surface area (TPSA) is 62.1 Å². The van der Waals surface area contributed by atoms with Gasteiger partial charge in [0.05, 0.1) is 17.7 Å². The molecule has 4 nitrogen and oxygen atoms in total. The van der Waals surface area contributed by atoms with E-state index in [4.69, 9.17) is 10.00 Å². The van der Waals surface area contributed by atoms with Gasteiger partial charge in [-0.15, -0.1) is 0 Å². The van der Waals surface area contributed by atoms with E-state index in [1.807, 2.05) is 12.1 Å². The van der Waals surface area contributed by atoms with Gasteiger partial charge in [-0.3, -0.25) is 4.79 Å². The maximum absolute atomic E-state index is 12.5. The first-order valence-corrected chi connectivity index (χ1v) is 8.22. The molecule has 0 spiro atoms. The third-order valence-corrected chi connectivity index (χ3v) is 4.35. The molecule has 2 aromatic carbocycles. The van der Waals surface area contributed by atoms with Gasteiger partial charge in [-0.25, -0.2) is 0 Å². The molecule has 0 radical (unpaired) electrons. The van der Waals surface area contributed by atoms with Crippen LogP contribution in [0.3, 0.4) is 0 Å². The van der Waals surface area contributed by atoms with Gasteiger partial charge in [-0.1, -0.05) is 24.3 Å². The van der Waals surface area contributed by atoms with Crippen LogP contribution in [0, 0.1) is 11.3 Å². The molecule has 0 unspecified atom stereocenters. The molecular formula is C20H20N2O2. The quantitative estimate of drug-likeness (QED) is 0.937. The maximum Gasteiger partial charge on any atom is 0.261 e. The molecule has 0 aromatic heterocycles. The third-order valence-electron chi connectivity index (χ3n) is 4.35. The second kappa shape index (κ2) is 7.18. The van der Waals surface area contributed by atoms with Crippen molar-refractivity contribution < 1.29 is 9.53 Å². The Bertz CT molecular complexity index is 762. The van der Waals surface area contributed by atoms with Crippen LogP contribution < -0.4 is 10.1 Å². The molecule has 0 saturated heterocycles. The molecule has 122 valence electrons. The molecular weight excluding hydrogens is 300 g/mol. The smallest absolute Gasteiger partial charge is 0.261 e. The van der Waals surface area contributed by atoms with Crippen LogP contribution in [-0.4, -0.2) is 12.0 Å². The van der Waals surface area contributed by atoms with Crippen molar-refractivity contribution in [3.05, 3.63) is 65.2 Å². The Kier molecular flexibility index (Phi) is 4.81. The monoisotopic (exact) mass is 320 g/mol. The van der Waals surface area contributed by atoms with Crippen molar-refractivity contribution in [2.45, 2.75) is 38.3 Å². The SMILES string of the molecule is C[C@H](Oc1ccc(C#N)cc1)C(=O)N[C@@H]1CCCc2ccccc21. The van der Waals surface area contributed by atoms with Crippen LogP contribution in [0.25, 0.3) is 0 Å². The molecule has 4 heteroatoms. The van der Waals surface area contributed by atoms with Crippen molar-refractivity contribution >= 4 is 5.91 Å². The summed E-state index contributed by atoms with van der Waals surface area (Å²) in [5.41, 5.74) is 3.09. The maximum atomic E-state index is 12.5. The Morgan fingerprint density at radius 2 is 2.00 bits per heavy atom. The fourth-order valence-electron chi connectivity index (χ4n) is 3.06. The van der Waals surface area contributed by atoms with Crippen molar-refractivity contribution in [3.63, 3.8) is 0 Å². The minimum Gasteiger partial charge on any atom is -0.481 e. The second-order valence-electron chi connectivity index (χ2n) is 6.05. The highest BCUT2D eigenvalue weighted by atomic mass is 16.5. The normalized spacial score (nSPS) is 17.2. The number of benzene rings is 2. The zero-order valence-corrected chi connectivity index (χ0v) is 13.7. The Hall–Kier alpha value is -2.80. The van der Waals surface area contributed by atoms with Crippen LogP contribution >= 0.6 is 0 Å². The van der Waals surface area contributed by atoms with Gasteiger partial charge < -0.3 is 10.1 Å². The first-order valence-electron chi connectivity index (χ1n) is 8.22. The summed E-state index contributed by atoms with van der Waals surface area (Å²) >= 11 is 0. The Morgan fingerprint density at radius 3 is 2.75 bits per heavy atom. The molecule has 1 aliphatic rings. The Labute approximate surface area is 142 Å². The average molecular weight is 320 g/mol. The van der Waals surface area contributed by atoms with Gasteiger partial charge in [0.15, 0.2) is 6.10 Å². The summed E-state index contributed by atoms with van der Waals surface area (Å²) in [6.07, 6.45) is 2.51. The van der Waals surface area contributed by atoms with Gasteiger partial charge in [0, 0.05) is 0 Å². The van der Waals surface area contributed by atoms with E-state index in [9.17, 15) is 4.79 Å². The molecule has 1 amide bonds. The summed E-state index contributed by atoms with van der Waals surface area (Å²) < 4.78 is 5.68. The number of rotatable bonds is 4. The first-order chi connectivity index (χ1) is 11.7. The second-order valence-corrected chi connectivity index (χ2v) is 6.05. The predicted molar refractivity (Wildman–Crippen MR) is 91.5 cm³/mol. The van der Waals surface area contributed by atoms with E-state index in [1.165, 1.54) is 11.1 Å². The number of fused-ring (bicyclic) bond motifs is 1. The van der Waals surface area contributed by atoms with Crippen LogP contribution in [0.2, 0.25) is 0 Å². The molecule has 0 fully saturated rings. The van der Waals surface area contributed by atoms with Crippen LogP contribution in [0.15, 0.2) is 48.5 Å². The number of carbonyl (C=O) groups excluding carboxylic acids is 1. The van der Waals surface area contributed by atoms with Crippen molar-refractivity contribution in [2.75, 3.05) is 0 Å². The number of hydrogen-bond acceptors (Lipinski definition) is 3. The Morgan fingerprint density at radius 1 is 1.25 bits per heavy atom. The van der Waals surface area contributed by atoms with Gasteiger partial charge in [-0.2, -0.15) is 5.26 Å². The third kappa shape index (κ3) is 3.57. The molecule has 0 aliphatic heterocycles. The van der Waals surface area contributed by atoms with Gasteiger partial charge in [-0.05, 0) is 61.6 Å². The summed E-state index contributed by atoms with van der Waals surface area (Å²) in [6.45, 7) is 1.74. The lowest BCUT2D eigenvalue weighted by Crippen LogP contribution is -2.39. The van der Waals surface area contributed by atoms with Gasteiger partial charge in [0.25, 0.3) is 5.91 Å². The number of ether oxygens (including phenoxy) is 1. The largest absolute Gasteiger partial charge is 0.481 e. The lowest BCUT2D eigenvalue weighted by molar-refractivity contribution is -0.128. The number of nitrogens with one attached hydrogen (secondary N) is 1. The lowest BCUT2D eigenvalue weighted by atomic mass is 9.87. The van der Waals surface area contributed by atoms with Gasteiger partial charge in [0.2, 0.25) is 0 Å². The number of carbonyl (C=O) groups is 1. The number of nitrogens with zero attached hydrogens (tertiary/aromatic N) is 1. The minimum atomic E-state index is -0.591. The van der Waals surface area contributed by atoms with Crippen molar-refractivity contribution in [1.29, 1.82) is 5.26 Å². The number of aryl methyl sites for hydroxylation is 1. The van der Waals surface area contributed by atoms with E-state index >= 15 is 0 Å². The van der Waals surface area contributed by atoms with Crippen LogP contribution in [0.1, 0.15) is 42.5 Å². The standard InChI is InChI=1S/C20H20N2O2/c1-14(24-17-11-9-15(13-21)10-12-17)20(23)22-19-8-4-6-16-5-2-3-7-18(16)19/h2-3,5,7,9-12,14,19H,4,6,8H2,1H3,(H,22,23)/t14-,19+/m0/s1. The zero-order valence-electron chi connectivity index (χ0n) is 13.7. The number of amides is 1. The predicted octanol–water partition coefficient (Wildman–Crippen LogP) is 3.52. The molecule has 3 rings (SSSR count).